The van der Waals surface area contributed by atoms with Gasteiger partial charge in [-0.15, -0.1) is 0 Å². The molecule has 1 aliphatic carbocycles. The molecule has 4 rings (SSSR count). The van der Waals surface area contributed by atoms with E-state index >= 15 is 0 Å². The molecule has 2 aliphatic rings. The highest BCUT2D eigenvalue weighted by Crippen LogP contribution is 2.45. The fourth-order valence-corrected chi connectivity index (χ4v) is 4.52. The highest BCUT2D eigenvalue weighted by Gasteiger charge is 2.51. The van der Waals surface area contributed by atoms with Crippen LogP contribution in [0.25, 0.3) is 0 Å². The molecule has 7 N–H and O–H groups in total. The minimum atomic E-state index is -1.58. The van der Waals surface area contributed by atoms with E-state index in [1.807, 2.05) is 7.05 Å². The zero-order valence-electron chi connectivity index (χ0n) is 21.1. The van der Waals surface area contributed by atoms with Crippen molar-refractivity contribution in [2.45, 2.75) is 37.6 Å². The lowest BCUT2D eigenvalue weighted by atomic mass is 9.64. The summed E-state index contributed by atoms with van der Waals surface area (Å²) in [7, 11) is 2.03. The standard InChI is InChI=1S/C19H18FN3O5.C6H13N3O/c1-18(16(24)25)5-2-6-19(9-18,17(26)27)14-8-15(23-10-22-14)28-13-4-3-11(21)7-12(13)20;1-9-3-2-5(4-9)8-6(7)10/h2-5,7-8,10H,6,9,21H2,1H3,(H,24,25)(H,26,27);5H,2-4H2,1H3,(H3,7,8,10)/t;5-/m.0/s1. The lowest BCUT2D eigenvalue weighted by Crippen LogP contribution is -2.45. The molecule has 38 heavy (non-hydrogen) atoms. The lowest BCUT2D eigenvalue weighted by molar-refractivity contribution is -0.151. The summed E-state index contributed by atoms with van der Waals surface area (Å²) in [4.78, 5) is 44.2. The van der Waals surface area contributed by atoms with E-state index < -0.39 is 34.6 Å². The van der Waals surface area contributed by atoms with E-state index in [9.17, 15) is 29.0 Å². The molecule has 12 nitrogen and oxygen atoms in total. The number of nitrogens with one attached hydrogen (secondary N) is 1. The Labute approximate surface area is 218 Å². The minimum absolute atomic E-state index is 0.0535. The van der Waals surface area contributed by atoms with Crippen molar-refractivity contribution in [2.24, 2.45) is 11.1 Å². The molecule has 0 saturated carbocycles. The van der Waals surface area contributed by atoms with Gasteiger partial charge in [0.25, 0.3) is 0 Å². The van der Waals surface area contributed by atoms with E-state index in [1.165, 1.54) is 37.3 Å². The summed E-state index contributed by atoms with van der Waals surface area (Å²) in [6, 6.07) is 4.99. The Hall–Kier alpha value is -4.26. The van der Waals surface area contributed by atoms with Gasteiger partial charge in [0.2, 0.25) is 5.88 Å². The van der Waals surface area contributed by atoms with Crippen molar-refractivity contribution >= 4 is 23.7 Å². The van der Waals surface area contributed by atoms with Crippen LogP contribution in [0.15, 0.2) is 42.7 Å². The highest BCUT2D eigenvalue weighted by molar-refractivity contribution is 5.85. The van der Waals surface area contributed by atoms with Gasteiger partial charge in [0.1, 0.15) is 11.7 Å². The number of primary amides is 1. The maximum Gasteiger partial charge on any atom is 0.316 e. The van der Waals surface area contributed by atoms with E-state index in [0.29, 0.717) is 0 Å². The number of nitrogens with two attached hydrogens (primary N) is 2. The van der Waals surface area contributed by atoms with Gasteiger partial charge in [0.05, 0.1) is 11.1 Å². The van der Waals surface area contributed by atoms with Crippen LogP contribution in [0.4, 0.5) is 14.9 Å². The predicted octanol–water partition coefficient (Wildman–Crippen LogP) is 2.11. The number of urea groups is 1. The van der Waals surface area contributed by atoms with Gasteiger partial charge in [-0.25, -0.2) is 19.2 Å². The molecule has 1 aromatic heterocycles. The van der Waals surface area contributed by atoms with Gasteiger partial charge >= 0.3 is 18.0 Å². The summed E-state index contributed by atoms with van der Waals surface area (Å²) in [5.74, 6) is -3.26. The molecule has 2 aromatic rings. The second-order valence-corrected chi connectivity index (χ2v) is 9.68. The number of hydrogen-bond acceptors (Lipinski definition) is 8. The number of nitrogens with zero attached hydrogens (tertiary/aromatic N) is 3. The van der Waals surface area contributed by atoms with Crippen LogP contribution in [0.2, 0.25) is 0 Å². The number of likely N-dealkylation sites (N-methyl/N-ethyl adjacent to an activating group) is 1. The normalized spacial score (nSPS) is 24.7. The minimum Gasteiger partial charge on any atom is -0.481 e. The fraction of sp³-hybridized carbons (Fsp3) is 0.400. The largest absolute Gasteiger partial charge is 0.481 e. The average molecular weight is 531 g/mol. The number of carbonyl (C=O) groups excluding carboxylic acids is 1. The summed E-state index contributed by atoms with van der Waals surface area (Å²) in [5, 5.41) is 22.1. The number of halogens is 1. The fourth-order valence-electron chi connectivity index (χ4n) is 4.52. The van der Waals surface area contributed by atoms with Crippen LogP contribution in [0.5, 0.6) is 11.6 Å². The van der Waals surface area contributed by atoms with Crippen molar-refractivity contribution in [1.82, 2.24) is 20.2 Å². The van der Waals surface area contributed by atoms with Gasteiger partial charge in [-0.05, 0) is 51.9 Å². The molecule has 1 aliphatic heterocycles. The zero-order valence-corrected chi connectivity index (χ0v) is 21.1. The number of likely N-dealkylation sites (tertiary alicyclic amines) is 1. The van der Waals surface area contributed by atoms with Crippen molar-refractivity contribution in [3.05, 3.63) is 54.3 Å². The number of amides is 2. The number of carboxylic acid groups (broad SMARTS) is 2. The molecular weight excluding hydrogens is 499 g/mol. The summed E-state index contributed by atoms with van der Waals surface area (Å²) < 4.78 is 19.4. The lowest BCUT2D eigenvalue weighted by Gasteiger charge is -2.37. The van der Waals surface area contributed by atoms with E-state index in [1.54, 1.807) is 0 Å². The van der Waals surface area contributed by atoms with Crippen LogP contribution in [-0.4, -0.2) is 69.2 Å². The van der Waals surface area contributed by atoms with Crippen molar-refractivity contribution < 1.29 is 33.7 Å². The van der Waals surface area contributed by atoms with Crippen molar-refractivity contribution in [3.8, 4) is 11.6 Å². The number of nitrogen functional groups attached to an aromatic ring is 1. The van der Waals surface area contributed by atoms with Crippen molar-refractivity contribution in [2.75, 3.05) is 25.9 Å². The summed E-state index contributed by atoms with van der Waals surface area (Å²) >= 11 is 0. The second-order valence-electron chi connectivity index (χ2n) is 9.68. The Morgan fingerprint density at radius 2 is 1.95 bits per heavy atom. The average Bonchev–Trinajstić information content (AvgIpc) is 3.25. The molecule has 13 heteroatoms. The number of allylic oxidation sites excluding steroid dienone is 1. The Morgan fingerprint density at radius 1 is 1.21 bits per heavy atom. The number of carbonyl (C=O) groups is 3. The SMILES string of the molecule is CC1(C(=O)O)C=CCC(C(=O)O)(c2cc(Oc3ccc(N)cc3F)ncn2)C1.CN1CC[C@H](NC(N)=O)C1. The van der Waals surface area contributed by atoms with Gasteiger partial charge in [-0.2, -0.15) is 0 Å². The number of rotatable bonds is 6. The Balaban J connectivity index is 0.000000336. The van der Waals surface area contributed by atoms with Crippen LogP contribution < -0.4 is 21.5 Å². The summed E-state index contributed by atoms with van der Waals surface area (Å²) in [5.41, 5.74) is 7.80. The van der Waals surface area contributed by atoms with Gasteiger partial charge in [-0.3, -0.25) is 9.59 Å². The highest BCUT2D eigenvalue weighted by atomic mass is 19.1. The van der Waals surface area contributed by atoms with Crippen LogP contribution >= 0.6 is 0 Å². The summed E-state index contributed by atoms with van der Waals surface area (Å²) in [6.07, 6.45) is 4.97. The van der Waals surface area contributed by atoms with Crippen molar-refractivity contribution in [1.29, 1.82) is 0 Å². The molecule has 1 fully saturated rings. The van der Waals surface area contributed by atoms with Crippen LogP contribution in [0, 0.1) is 11.2 Å². The quantitative estimate of drug-likeness (QED) is 0.273. The number of aromatic nitrogens is 2. The Bertz CT molecular complexity index is 1240. The van der Waals surface area contributed by atoms with Crippen LogP contribution in [-0.2, 0) is 15.0 Å². The molecule has 2 heterocycles. The Kier molecular flexibility index (Phi) is 8.51. The molecule has 0 radical (unpaired) electrons. The smallest absolute Gasteiger partial charge is 0.316 e. The van der Waals surface area contributed by atoms with Gasteiger partial charge in [0.15, 0.2) is 11.6 Å². The first-order chi connectivity index (χ1) is 17.8. The topological polar surface area (TPSA) is 194 Å². The second kappa shape index (κ2) is 11.4. The first kappa shape index (κ1) is 28.3. The van der Waals surface area contributed by atoms with Gasteiger partial charge < -0.3 is 36.6 Å². The Morgan fingerprint density at radius 3 is 2.53 bits per heavy atom. The van der Waals surface area contributed by atoms with E-state index in [-0.39, 0.29) is 41.9 Å². The zero-order chi connectivity index (χ0) is 28.1. The monoisotopic (exact) mass is 530 g/mol. The molecule has 1 aromatic carbocycles. The maximum absolute atomic E-state index is 14.0. The van der Waals surface area contributed by atoms with E-state index in [0.717, 1.165) is 31.9 Å². The van der Waals surface area contributed by atoms with Gasteiger partial charge in [-0.1, -0.05) is 12.2 Å². The number of aliphatic carboxylic acids is 2. The first-order valence-electron chi connectivity index (χ1n) is 11.8. The number of benzene rings is 1. The van der Waals surface area contributed by atoms with Gasteiger partial charge in [0, 0.05) is 30.4 Å². The van der Waals surface area contributed by atoms with Crippen LogP contribution in [0.1, 0.15) is 31.9 Å². The molecule has 3 atom stereocenters. The summed E-state index contributed by atoms with van der Waals surface area (Å²) in [6.45, 7) is 3.42. The third kappa shape index (κ3) is 6.54. The molecule has 204 valence electrons. The molecule has 1 saturated heterocycles. The van der Waals surface area contributed by atoms with E-state index in [4.69, 9.17) is 16.2 Å². The predicted molar refractivity (Wildman–Crippen MR) is 135 cm³/mol. The van der Waals surface area contributed by atoms with E-state index in [2.05, 4.69) is 20.2 Å². The van der Waals surface area contributed by atoms with Crippen molar-refractivity contribution in [3.63, 3.8) is 0 Å². The number of ether oxygens (including phenoxy) is 1. The number of carboxylic acids is 2. The van der Waals surface area contributed by atoms with Crippen LogP contribution in [0.3, 0.4) is 0 Å². The first-order valence-corrected chi connectivity index (χ1v) is 11.8. The third-order valence-electron chi connectivity index (χ3n) is 6.56. The molecule has 0 bridgehead atoms. The third-order valence-corrected chi connectivity index (χ3v) is 6.56. The molecule has 0 spiro atoms. The molecule has 2 amide bonds. The maximum atomic E-state index is 14.0. The molecular formula is C25H31FN6O6. The molecule has 2 unspecified atom stereocenters. The number of hydrogen-bond donors (Lipinski definition) is 5. The number of anilines is 1.